The number of aromatic amines is 1. The van der Waals surface area contributed by atoms with Crippen LogP contribution in [0.4, 0.5) is 5.82 Å². The van der Waals surface area contributed by atoms with Crippen molar-refractivity contribution < 1.29 is 9.47 Å². The van der Waals surface area contributed by atoms with Crippen LogP contribution in [0.3, 0.4) is 0 Å². The summed E-state index contributed by atoms with van der Waals surface area (Å²) >= 11 is 0. The molecule has 6 nitrogen and oxygen atoms in total. The van der Waals surface area contributed by atoms with Gasteiger partial charge in [0, 0.05) is 23.9 Å². The number of nitrogens with one attached hydrogen (secondary N) is 1. The van der Waals surface area contributed by atoms with Gasteiger partial charge in [0.15, 0.2) is 12.1 Å². The van der Waals surface area contributed by atoms with Gasteiger partial charge in [0.25, 0.3) is 0 Å². The fourth-order valence-electron chi connectivity index (χ4n) is 3.38. The Hall–Kier alpha value is -2.36. The minimum Gasteiger partial charge on any atom is -0.350 e. The van der Waals surface area contributed by atoms with Crippen LogP contribution in [0.2, 0.25) is 0 Å². The number of aromatic nitrogens is 3. The van der Waals surface area contributed by atoms with Crippen molar-refractivity contribution in [1.29, 1.82) is 0 Å². The van der Waals surface area contributed by atoms with E-state index in [-0.39, 0.29) is 17.7 Å². The van der Waals surface area contributed by atoms with E-state index >= 15 is 0 Å². The number of benzene rings is 1. The standard InChI is InChI=1S/C22H28N4O2/c1-15-5-6-17(10-9-16-7-8-16)11-18(15)20(26(4)19-12-23-25-24-19)21-27-13-22(2,3)14-28-21/h5-6,11-12,16,20-21H,7-8,13-14H2,1-4H3,(H,23,24,25). The molecule has 2 aliphatic rings. The van der Waals surface area contributed by atoms with Crippen LogP contribution in [0, 0.1) is 30.1 Å². The van der Waals surface area contributed by atoms with Gasteiger partial charge in [-0.1, -0.05) is 31.8 Å². The molecule has 1 aliphatic heterocycles. The van der Waals surface area contributed by atoms with E-state index in [9.17, 15) is 0 Å². The van der Waals surface area contributed by atoms with E-state index in [4.69, 9.17) is 9.47 Å². The van der Waals surface area contributed by atoms with Crippen molar-refractivity contribution in [2.45, 2.75) is 45.9 Å². The first kappa shape index (κ1) is 19.0. The van der Waals surface area contributed by atoms with Crippen molar-refractivity contribution in [3.8, 4) is 11.8 Å². The average Bonchev–Trinajstić information content (AvgIpc) is 3.34. The van der Waals surface area contributed by atoms with Gasteiger partial charge in [0.2, 0.25) is 0 Å². The monoisotopic (exact) mass is 380 g/mol. The molecule has 1 saturated carbocycles. The lowest BCUT2D eigenvalue weighted by molar-refractivity contribution is -0.231. The van der Waals surface area contributed by atoms with Gasteiger partial charge >= 0.3 is 0 Å². The number of ether oxygens (including phenoxy) is 2. The van der Waals surface area contributed by atoms with E-state index in [0.717, 1.165) is 16.9 Å². The molecule has 148 valence electrons. The molecule has 0 amide bonds. The summed E-state index contributed by atoms with van der Waals surface area (Å²) in [6.45, 7) is 7.73. The van der Waals surface area contributed by atoms with Gasteiger partial charge in [-0.3, -0.25) is 0 Å². The predicted molar refractivity (Wildman–Crippen MR) is 108 cm³/mol. The van der Waals surface area contributed by atoms with Crippen LogP contribution in [0.1, 0.15) is 49.4 Å². The van der Waals surface area contributed by atoms with Gasteiger partial charge in [-0.05, 0) is 43.0 Å². The fraction of sp³-hybridized carbons (Fsp3) is 0.545. The number of aryl methyl sites for hydroxylation is 1. The number of nitrogens with zero attached hydrogens (tertiary/aromatic N) is 3. The zero-order valence-corrected chi connectivity index (χ0v) is 17.0. The molecule has 1 aliphatic carbocycles. The van der Waals surface area contributed by atoms with E-state index in [1.54, 1.807) is 6.20 Å². The molecule has 6 heteroatoms. The first-order valence-corrected chi connectivity index (χ1v) is 9.87. The summed E-state index contributed by atoms with van der Waals surface area (Å²) in [5.74, 6) is 8.01. The molecule has 1 unspecified atom stereocenters. The molecule has 1 N–H and O–H groups in total. The predicted octanol–water partition coefficient (Wildman–Crippen LogP) is 3.45. The Balaban J connectivity index is 1.68. The molecular weight excluding hydrogens is 352 g/mol. The van der Waals surface area contributed by atoms with Gasteiger partial charge < -0.3 is 14.4 Å². The Morgan fingerprint density at radius 3 is 2.64 bits per heavy atom. The van der Waals surface area contributed by atoms with Gasteiger partial charge in [0.1, 0.15) is 6.04 Å². The fourth-order valence-corrected chi connectivity index (χ4v) is 3.38. The Labute approximate surface area is 166 Å². The smallest absolute Gasteiger partial charge is 0.182 e. The summed E-state index contributed by atoms with van der Waals surface area (Å²) in [6, 6.07) is 6.23. The molecule has 2 aromatic rings. The Morgan fingerprint density at radius 2 is 2.00 bits per heavy atom. The first-order valence-electron chi connectivity index (χ1n) is 9.87. The van der Waals surface area contributed by atoms with Gasteiger partial charge in [-0.2, -0.15) is 10.3 Å². The summed E-state index contributed by atoms with van der Waals surface area (Å²) in [6.07, 6.45) is 3.78. The average molecular weight is 380 g/mol. The molecule has 28 heavy (non-hydrogen) atoms. The maximum atomic E-state index is 6.17. The summed E-state index contributed by atoms with van der Waals surface area (Å²) < 4.78 is 12.3. The summed E-state index contributed by atoms with van der Waals surface area (Å²) in [7, 11) is 2.00. The molecule has 1 aromatic heterocycles. The lowest BCUT2D eigenvalue weighted by Gasteiger charge is -2.41. The van der Waals surface area contributed by atoms with E-state index < -0.39 is 0 Å². The number of likely N-dealkylation sites (N-methyl/N-ethyl adjacent to an activating group) is 1. The van der Waals surface area contributed by atoms with Crippen LogP contribution in [0.25, 0.3) is 0 Å². The van der Waals surface area contributed by atoms with Crippen molar-refractivity contribution in [3.63, 3.8) is 0 Å². The highest BCUT2D eigenvalue weighted by Gasteiger charge is 2.37. The van der Waals surface area contributed by atoms with Crippen LogP contribution in [0.5, 0.6) is 0 Å². The number of rotatable bonds is 4. The SMILES string of the molecule is Cc1ccc(C#CC2CC2)cc1C(C1OCC(C)(C)CO1)N(C)c1cn[nH]n1. The number of H-pyrrole nitrogens is 1. The van der Waals surface area contributed by atoms with Crippen molar-refractivity contribution in [2.24, 2.45) is 11.3 Å². The second kappa shape index (κ2) is 7.57. The number of hydrogen-bond donors (Lipinski definition) is 1. The third kappa shape index (κ3) is 4.21. The van der Waals surface area contributed by atoms with Crippen molar-refractivity contribution in [3.05, 3.63) is 41.1 Å². The normalized spacial score (nSPS) is 20.3. The summed E-state index contributed by atoms with van der Waals surface area (Å²) in [4.78, 5) is 2.06. The van der Waals surface area contributed by atoms with Crippen LogP contribution in [-0.2, 0) is 9.47 Å². The summed E-state index contributed by atoms with van der Waals surface area (Å²) in [5, 5.41) is 10.9. The first-order chi connectivity index (χ1) is 13.4. The Bertz CT molecular complexity index is 868. The van der Waals surface area contributed by atoms with Crippen LogP contribution >= 0.6 is 0 Å². The maximum absolute atomic E-state index is 6.17. The molecule has 0 bridgehead atoms. The second-order valence-corrected chi connectivity index (χ2v) is 8.65. The lowest BCUT2D eigenvalue weighted by Crippen LogP contribution is -2.45. The minimum atomic E-state index is -0.389. The van der Waals surface area contributed by atoms with Crippen LogP contribution in [0.15, 0.2) is 24.4 Å². The highest BCUT2D eigenvalue weighted by Crippen LogP contribution is 2.36. The highest BCUT2D eigenvalue weighted by atomic mass is 16.7. The zero-order chi connectivity index (χ0) is 19.7. The van der Waals surface area contributed by atoms with E-state index in [2.05, 4.69) is 71.1 Å². The molecule has 4 rings (SSSR count). The van der Waals surface area contributed by atoms with Crippen molar-refractivity contribution >= 4 is 5.82 Å². The molecule has 2 heterocycles. The maximum Gasteiger partial charge on any atom is 0.182 e. The van der Waals surface area contributed by atoms with Gasteiger partial charge in [0.05, 0.1) is 19.4 Å². The van der Waals surface area contributed by atoms with E-state index in [0.29, 0.717) is 19.1 Å². The molecule has 1 saturated heterocycles. The molecule has 1 atom stereocenters. The molecule has 0 radical (unpaired) electrons. The van der Waals surface area contributed by atoms with Crippen LogP contribution < -0.4 is 4.90 Å². The van der Waals surface area contributed by atoms with E-state index in [1.807, 2.05) is 7.05 Å². The third-order valence-corrected chi connectivity index (χ3v) is 5.31. The number of anilines is 1. The Morgan fingerprint density at radius 1 is 1.25 bits per heavy atom. The van der Waals surface area contributed by atoms with Gasteiger partial charge in [-0.25, -0.2) is 0 Å². The minimum absolute atomic E-state index is 0.0140. The molecule has 1 aromatic carbocycles. The van der Waals surface area contributed by atoms with Crippen LogP contribution in [-0.4, -0.2) is 42.0 Å². The second-order valence-electron chi connectivity index (χ2n) is 8.65. The molecule has 2 fully saturated rings. The Kier molecular flexibility index (Phi) is 5.13. The van der Waals surface area contributed by atoms with Crippen molar-refractivity contribution in [1.82, 2.24) is 15.4 Å². The van der Waals surface area contributed by atoms with Gasteiger partial charge in [-0.15, -0.1) is 5.10 Å². The topological polar surface area (TPSA) is 63.3 Å². The van der Waals surface area contributed by atoms with Crippen molar-refractivity contribution in [2.75, 3.05) is 25.2 Å². The third-order valence-electron chi connectivity index (χ3n) is 5.31. The molecular formula is C22H28N4O2. The molecule has 0 spiro atoms. The number of hydrogen-bond acceptors (Lipinski definition) is 5. The quantitative estimate of drug-likeness (QED) is 0.823. The lowest BCUT2D eigenvalue weighted by atomic mass is 9.93. The highest BCUT2D eigenvalue weighted by molar-refractivity contribution is 5.47. The van der Waals surface area contributed by atoms with E-state index in [1.165, 1.54) is 18.4 Å². The largest absolute Gasteiger partial charge is 0.350 e. The zero-order valence-electron chi connectivity index (χ0n) is 17.0. The summed E-state index contributed by atoms with van der Waals surface area (Å²) in [5.41, 5.74) is 3.36.